The van der Waals surface area contributed by atoms with Crippen LogP contribution >= 0.6 is 0 Å². The average Bonchev–Trinajstić information content (AvgIpc) is 3.40. The van der Waals surface area contributed by atoms with E-state index in [0.717, 1.165) is 23.1 Å². The fourth-order valence-corrected chi connectivity index (χ4v) is 7.95. The van der Waals surface area contributed by atoms with Gasteiger partial charge in [-0.3, -0.25) is 0 Å². The molecule has 1 aliphatic carbocycles. The second-order valence-electron chi connectivity index (χ2n) is 15.8. The first-order chi connectivity index (χ1) is 25.8. The van der Waals surface area contributed by atoms with Crippen molar-refractivity contribution in [2.75, 3.05) is 0 Å². The second-order valence-corrected chi connectivity index (χ2v) is 15.8. The number of rotatable bonds is 15. The molecule has 1 heterocycles. The number of benzene rings is 5. The molecule has 0 N–H and O–H groups in total. The van der Waals surface area contributed by atoms with Crippen LogP contribution in [0.4, 0.5) is 0 Å². The fraction of sp³-hybridized carbons (Fsp3) is 0.340. The molecule has 0 spiro atoms. The van der Waals surface area contributed by atoms with Crippen LogP contribution in [-0.2, 0) is 11.8 Å². The van der Waals surface area contributed by atoms with Crippen LogP contribution in [0.15, 0.2) is 109 Å². The Morgan fingerprint density at radius 2 is 0.830 bits per heavy atom. The number of fused-ring (bicyclic) bond motifs is 3. The highest BCUT2D eigenvalue weighted by Crippen LogP contribution is 2.50. The predicted octanol–water partition coefficient (Wildman–Crippen LogP) is 13.9. The van der Waals surface area contributed by atoms with Gasteiger partial charge in [0.15, 0.2) is 17.5 Å². The van der Waals surface area contributed by atoms with E-state index in [0.29, 0.717) is 17.5 Å². The molecule has 0 saturated heterocycles. The monoisotopic (exact) mass is 697 g/mol. The second kappa shape index (κ2) is 16.4. The SMILES string of the molecule is CCCCCCCCCCCCc1ccc(-c2nc(-c3ccc(C)cc3)nc(-c3ccc(-c4ccc5c(c4)C(C)(C)c4cc(C)ccc4-5)cc3)n2)cc1. The van der Waals surface area contributed by atoms with Crippen molar-refractivity contribution in [1.29, 1.82) is 0 Å². The van der Waals surface area contributed by atoms with Crippen molar-refractivity contribution in [2.45, 2.75) is 111 Å². The normalized spacial score (nSPS) is 12.8. The number of hydrogen-bond acceptors (Lipinski definition) is 3. The molecule has 0 atom stereocenters. The summed E-state index contributed by atoms with van der Waals surface area (Å²) in [6.45, 7) is 11.3. The minimum Gasteiger partial charge on any atom is -0.208 e. The molecule has 5 aromatic carbocycles. The topological polar surface area (TPSA) is 38.7 Å². The molecule has 0 aliphatic heterocycles. The molecular formula is C50H55N3. The third-order valence-corrected chi connectivity index (χ3v) is 11.3. The summed E-state index contributed by atoms with van der Waals surface area (Å²) in [5.74, 6) is 2.09. The van der Waals surface area contributed by atoms with E-state index in [4.69, 9.17) is 15.0 Å². The molecule has 3 nitrogen and oxygen atoms in total. The summed E-state index contributed by atoms with van der Waals surface area (Å²) < 4.78 is 0. The van der Waals surface area contributed by atoms with Crippen LogP contribution < -0.4 is 0 Å². The minimum absolute atomic E-state index is 0.0363. The third-order valence-electron chi connectivity index (χ3n) is 11.3. The Bertz CT molecular complexity index is 2140. The van der Waals surface area contributed by atoms with Crippen molar-refractivity contribution in [1.82, 2.24) is 15.0 Å². The van der Waals surface area contributed by atoms with E-state index in [1.165, 1.54) is 114 Å². The average molecular weight is 698 g/mol. The number of aromatic nitrogens is 3. The van der Waals surface area contributed by atoms with Crippen molar-refractivity contribution in [3.8, 4) is 56.4 Å². The van der Waals surface area contributed by atoms with E-state index in [1.54, 1.807) is 0 Å². The molecule has 0 fully saturated rings. The van der Waals surface area contributed by atoms with Crippen molar-refractivity contribution in [3.05, 3.63) is 137 Å². The maximum absolute atomic E-state index is 5.05. The Hall–Kier alpha value is -4.89. The number of aryl methyl sites for hydroxylation is 3. The van der Waals surface area contributed by atoms with E-state index < -0.39 is 0 Å². The van der Waals surface area contributed by atoms with E-state index >= 15 is 0 Å². The third kappa shape index (κ3) is 8.36. The molecule has 6 aromatic rings. The first-order valence-electron chi connectivity index (χ1n) is 20.1. The van der Waals surface area contributed by atoms with Gasteiger partial charge in [-0.15, -0.1) is 0 Å². The van der Waals surface area contributed by atoms with Crippen LogP contribution in [0.3, 0.4) is 0 Å². The van der Waals surface area contributed by atoms with Gasteiger partial charge in [-0.05, 0) is 71.7 Å². The van der Waals surface area contributed by atoms with E-state index in [1.807, 2.05) is 0 Å². The van der Waals surface area contributed by atoms with Gasteiger partial charge in [-0.1, -0.05) is 193 Å². The summed E-state index contributed by atoms with van der Waals surface area (Å²) in [6.07, 6.45) is 14.7. The standard InChI is InChI=1S/C50H55N3/c1-6-7-8-9-10-11-12-13-14-15-16-37-20-24-40(25-21-37)48-51-47(39-22-17-35(2)18-23-39)52-49(53-48)41-28-26-38(27-29-41)42-30-32-44-43-31-19-36(3)33-45(43)50(4,5)46(44)34-42/h17-34H,6-16H2,1-5H3. The van der Waals surface area contributed by atoms with Crippen LogP contribution in [0.2, 0.25) is 0 Å². The van der Waals surface area contributed by atoms with Crippen LogP contribution in [0.5, 0.6) is 0 Å². The number of hydrogen-bond donors (Lipinski definition) is 0. The molecule has 0 radical (unpaired) electrons. The maximum Gasteiger partial charge on any atom is 0.164 e. The summed E-state index contributed by atoms with van der Waals surface area (Å²) in [4.78, 5) is 15.1. The summed E-state index contributed by atoms with van der Waals surface area (Å²) in [6, 6.07) is 39.8. The summed E-state index contributed by atoms with van der Waals surface area (Å²) in [5.41, 5.74) is 14.8. The minimum atomic E-state index is -0.0363. The van der Waals surface area contributed by atoms with Crippen LogP contribution in [0, 0.1) is 13.8 Å². The van der Waals surface area contributed by atoms with Crippen LogP contribution in [-0.4, -0.2) is 15.0 Å². The lowest BCUT2D eigenvalue weighted by Crippen LogP contribution is -2.15. The molecule has 0 unspecified atom stereocenters. The molecule has 270 valence electrons. The molecule has 7 rings (SSSR count). The summed E-state index contributed by atoms with van der Waals surface area (Å²) in [5, 5.41) is 0. The summed E-state index contributed by atoms with van der Waals surface area (Å²) >= 11 is 0. The van der Waals surface area contributed by atoms with E-state index in [2.05, 4.69) is 144 Å². The van der Waals surface area contributed by atoms with Crippen molar-refractivity contribution < 1.29 is 0 Å². The van der Waals surface area contributed by atoms with Gasteiger partial charge in [0.25, 0.3) is 0 Å². The largest absolute Gasteiger partial charge is 0.208 e. The Morgan fingerprint density at radius 3 is 1.40 bits per heavy atom. The van der Waals surface area contributed by atoms with Gasteiger partial charge in [0.1, 0.15) is 0 Å². The Balaban J connectivity index is 1.08. The predicted molar refractivity (Wildman–Crippen MR) is 224 cm³/mol. The number of nitrogens with zero attached hydrogens (tertiary/aromatic N) is 3. The van der Waals surface area contributed by atoms with Crippen molar-refractivity contribution >= 4 is 0 Å². The quantitative estimate of drug-likeness (QED) is 0.100. The highest BCUT2D eigenvalue weighted by molar-refractivity contribution is 5.84. The zero-order valence-corrected chi connectivity index (χ0v) is 32.5. The first kappa shape index (κ1) is 36.5. The Morgan fingerprint density at radius 1 is 0.415 bits per heavy atom. The maximum atomic E-state index is 5.05. The van der Waals surface area contributed by atoms with Gasteiger partial charge in [0.05, 0.1) is 0 Å². The van der Waals surface area contributed by atoms with Crippen LogP contribution in [0.1, 0.15) is 113 Å². The van der Waals surface area contributed by atoms with Gasteiger partial charge in [-0.25, -0.2) is 15.0 Å². The number of unbranched alkanes of at least 4 members (excludes halogenated alkanes) is 9. The Kier molecular flexibility index (Phi) is 11.3. The lowest BCUT2D eigenvalue weighted by Gasteiger charge is -2.22. The fourth-order valence-electron chi connectivity index (χ4n) is 7.95. The van der Waals surface area contributed by atoms with E-state index in [9.17, 15) is 0 Å². The van der Waals surface area contributed by atoms with Gasteiger partial charge < -0.3 is 0 Å². The zero-order valence-electron chi connectivity index (χ0n) is 32.5. The molecule has 0 saturated carbocycles. The van der Waals surface area contributed by atoms with Crippen LogP contribution in [0.25, 0.3) is 56.4 Å². The lowest BCUT2D eigenvalue weighted by atomic mass is 9.81. The highest BCUT2D eigenvalue weighted by Gasteiger charge is 2.35. The molecule has 3 heteroatoms. The van der Waals surface area contributed by atoms with Gasteiger partial charge in [-0.2, -0.15) is 0 Å². The molecule has 0 bridgehead atoms. The lowest BCUT2D eigenvalue weighted by molar-refractivity contribution is 0.556. The molecule has 0 amide bonds. The van der Waals surface area contributed by atoms with Gasteiger partial charge >= 0.3 is 0 Å². The summed E-state index contributed by atoms with van der Waals surface area (Å²) in [7, 11) is 0. The van der Waals surface area contributed by atoms with Gasteiger partial charge in [0.2, 0.25) is 0 Å². The van der Waals surface area contributed by atoms with E-state index in [-0.39, 0.29) is 5.41 Å². The highest BCUT2D eigenvalue weighted by atomic mass is 15.0. The first-order valence-corrected chi connectivity index (χ1v) is 20.1. The van der Waals surface area contributed by atoms with Crippen molar-refractivity contribution in [2.24, 2.45) is 0 Å². The van der Waals surface area contributed by atoms with Crippen molar-refractivity contribution in [3.63, 3.8) is 0 Å². The van der Waals surface area contributed by atoms with Gasteiger partial charge in [0, 0.05) is 22.1 Å². The molecule has 1 aromatic heterocycles. The zero-order chi connectivity index (χ0) is 36.8. The Labute approximate surface area is 318 Å². The molecular weight excluding hydrogens is 643 g/mol. The molecule has 53 heavy (non-hydrogen) atoms. The smallest absolute Gasteiger partial charge is 0.164 e. The molecule has 1 aliphatic rings.